The van der Waals surface area contributed by atoms with Crippen LogP contribution in [0.1, 0.15) is 18.1 Å². The van der Waals surface area contributed by atoms with Gasteiger partial charge in [-0.15, -0.1) is 0 Å². The van der Waals surface area contributed by atoms with Crippen LogP contribution in [-0.2, 0) is 11.3 Å². The number of rotatable bonds is 3. The molecule has 1 saturated heterocycles. The van der Waals surface area contributed by atoms with Crippen molar-refractivity contribution >= 4 is 11.6 Å². The van der Waals surface area contributed by atoms with Gasteiger partial charge >= 0.3 is 0 Å². The summed E-state index contributed by atoms with van der Waals surface area (Å²) in [6, 6.07) is 14.5. The Morgan fingerprint density at radius 1 is 1.13 bits per heavy atom. The predicted molar refractivity (Wildman–Crippen MR) is 89.8 cm³/mol. The van der Waals surface area contributed by atoms with E-state index in [2.05, 4.69) is 0 Å². The molecule has 1 heterocycles. The second-order valence-corrected chi connectivity index (χ2v) is 6.07. The molecule has 0 unspecified atom stereocenters. The fourth-order valence-corrected chi connectivity index (χ4v) is 3.03. The molecule has 0 aliphatic carbocycles. The highest BCUT2D eigenvalue weighted by atomic mass is 19.1. The van der Waals surface area contributed by atoms with E-state index in [0.717, 1.165) is 17.8 Å². The maximum atomic E-state index is 13.8. The third-order valence-electron chi connectivity index (χ3n) is 4.43. The van der Waals surface area contributed by atoms with Crippen molar-refractivity contribution in [2.75, 3.05) is 18.0 Å². The number of benzene rings is 2. The van der Waals surface area contributed by atoms with E-state index in [-0.39, 0.29) is 17.8 Å². The minimum atomic E-state index is -0.260. The molecule has 1 amide bonds. The quantitative estimate of drug-likeness (QED) is 0.867. The first-order valence-corrected chi connectivity index (χ1v) is 7.92. The van der Waals surface area contributed by atoms with Crippen LogP contribution in [0.4, 0.5) is 10.1 Å². The molecule has 0 radical (unpaired) electrons. The molecule has 4 heteroatoms. The van der Waals surface area contributed by atoms with Gasteiger partial charge in [-0.1, -0.05) is 30.3 Å². The molecule has 3 rings (SSSR count). The van der Waals surface area contributed by atoms with Crippen molar-refractivity contribution in [3.63, 3.8) is 0 Å². The van der Waals surface area contributed by atoms with Crippen molar-refractivity contribution < 1.29 is 9.18 Å². The van der Waals surface area contributed by atoms with E-state index < -0.39 is 0 Å². The van der Waals surface area contributed by atoms with E-state index in [0.29, 0.717) is 18.7 Å². The largest absolute Gasteiger partial charge is 0.310 e. The zero-order valence-electron chi connectivity index (χ0n) is 13.5. The summed E-state index contributed by atoms with van der Waals surface area (Å²) in [6.07, 6.45) is 0. The molecule has 0 aromatic heterocycles. The molecular formula is C19H21FN2O. The molecule has 1 fully saturated rings. The molecule has 1 atom stereocenters. The molecule has 0 spiro atoms. The molecule has 0 saturated carbocycles. The van der Waals surface area contributed by atoms with Gasteiger partial charge in [0.25, 0.3) is 0 Å². The standard InChI is InChI=1S/C19H21FN2O/c1-14-6-5-8-17(12-14)22-11-10-21(15(2)19(22)23)13-16-7-3-4-9-18(16)20/h3-9,12,15H,10-11,13H2,1-2H3/t15-/m0/s1. The minimum Gasteiger partial charge on any atom is -0.310 e. The number of halogens is 1. The lowest BCUT2D eigenvalue weighted by Crippen LogP contribution is -2.55. The summed E-state index contributed by atoms with van der Waals surface area (Å²) >= 11 is 0. The first-order chi connectivity index (χ1) is 11.1. The zero-order valence-corrected chi connectivity index (χ0v) is 13.5. The second kappa shape index (κ2) is 6.50. The second-order valence-electron chi connectivity index (χ2n) is 6.07. The maximum absolute atomic E-state index is 13.8. The van der Waals surface area contributed by atoms with Crippen LogP contribution < -0.4 is 4.90 Å². The smallest absolute Gasteiger partial charge is 0.244 e. The van der Waals surface area contributed by atoms with Gasteiger partial charge in [0.05, 0.1) is 6.04 Å². The summed E-state index contributed by atoms with van der Waals surface area (Å²) in [5.74, 6) is -0.147. The molecule has 23 heavy (non-hydrogen) atoms. The normalized spacial score (nSPS) is 19.2. The van der Waals surface area contributed by atoms with Crippen molar-refractivity contribution in [2.24, 2.45) is 0 Å². The summed E-state index contributed by atoms with van der Waals surface area (Å²) in [4.78, 5) is 16.6. The van der Waals surface area contributed by atoms with Crippen LogP contribution in [-0.4, -0.2) is 29.9 Å². The van der Waals surface area contributed by atoms with Crippen LogP contribution in [0.25, 0.3) is 0 Å². The number of hydrogen-bond donors (Lipinski definition) is 0. The number of hydrogen-bond acceptors (Lipinski definition) is 2. The number of piperazine rings is 1. The lowest BCUT2D eigenvalue weighted by Gasteiger charge is -2.39. The van der Waals surface area contributed by atoms with Gasteiger partial charge in [-0.3, -0.25) is 9.69 Å². The first kappa shape index (κ1) is 15.7. The highest BCUT2D eigenvalue weighted by molar-refractivity contribution is 5.97. The summed E-state index contributed by atoms with van der Waals surface area (Å²) in [7, 11) is 0. The number of carbonyl (C=O) groups is 1. The van der Waals surface area contributed by atoms with Gasteiger partial charge in [0, 0.05) is 30.9 Å². The topological polar surface area (TPSA) is 23.6 Å². The van der Waals surface area contributed by atoms with Gasteiger partial charge < -0.3 is 4.90 Å². The van der Waals surface area contributed by atoms with Gasteiger partial charge in [0.1, 0.15) is 5.82 Å². The Hall–Kier alpha value is -2.20. The lowest BCUT2D eigenvalue weighted by molar-refractivity contribution is -0.125. The molecule has 2 aromatic rings. The minimum absolute atomic E-state index is 0.0678. The fraction of sp³-hybridized carbons (Fsp3) is 0.316. The van der Waals surface area contributed by atoms with E-state index in [4.69, 9.17) is 0 Å². The molecule has 3 nitrogen and oxygen atoms in total. The van der Waals surface area contributed by atoms with E-state index in [9.17, 15) is 9.18 Å². The SMILES string of the molecule is Cc1cccc(N2CCN(Cc3ccccc3F)[C@@H](C)C2=O)c1. The van der Waals surface area contributed by atoms with Gasteiger partial charge in [0.2, 0.25) is 5.91 Å². The number of amides is 1. The van der Waals surface area contributed by atoms with Crippen LogP contribution in [0, 0.1) is 12.7 Å². The Morgan fingerprint density at radius 2 is 1.91 bits per heavy atom. The van der Waals surface area contributed by atoms with Gasteiger partial charge in [0.15, 0.2) is 0 Å². The fourth-order valence-electron chi connectivity index (χ4n) is 3.03. The molecule has 1 aliphatic rings. The number of aryl methyl sites for hydroxylation is 1. The lowest BCUT2D eigenvalue weighted by atomic mass is 10.1. The molecular weight excluding hydrogens is 291 g/mol. The van der Waals surface area contributed by atoms with Crippen molar-refractivity contribution in [1.82, 2.24) is 4.90 Å². The van der Waals surface area contributed by atoms with E-state index in [1.807, 2.05) is 54.0 Å². The van der Waals surface area contributed by atoms with Crippen molar-refractivity contribution in [1.29, 1.82) is 0 Å². The zero-order chi connectivity index (χ0) is 16.4. The van der Waals surface area contributed by atoms with Crippen LogP contribution >= 0.6 is 0 Å². The van der Waals surface area contributed by atoms with Gasteiger partial charge in [-0.05, 0) is 37.6 Å². The Bertz CT molecular complexity index is 716. The molecule has 1 aliphatic heterocycles. The highest BCUT2D eigenvalue weighted by Gasteiger charge is 2.32. The Balaban J connectivity index is 1.75. The summed E-state index contributed by atoms with van der Waals surface area (Å²) in [5, 5.41) is 0. The van der Waals surface area contributed by atoms with E-state index in [1.165, 1.54) is 6.07 Å². The van der Waals surface area contributed by atoms with Crippen molar-refractivity contribution in [3.8, 4) is 0 Å². The average Bonchev–Trinajstić information content (AvgIpc) is 2.54. The van der Waals surface area contributed by atoms with Crippen molar-refractivity contribution in [2.45, 2.75) is 26.4 Å². The van der Waals surface area contributed by atoms with Crippen molar-refractivity contribution in [3.05, 3.63) is 65.5 Å². The third-order valence-corrected chi connectivity index (χ3v) is 4.43. The van der Waals surface area contributed by atoms with Crippen LogP contribution in [0.2, 0.25) is 0 Å². The van der Waals surface area contributed by atoms with Crippen LogP contribution in [0.5, 0.6) is 0 Å². The Morgan fingerprint density at radius 3 is 2.65 bits per heavy atom. The number of anilines is 1. The predicted octanol–water partition coefficient (Wildman–Crippen LogP) is 3.37. The summed E-state index contributed by atoms with van der Waals surface area (Å²) in [5.41, 5.74) is 2.71. The molecule has 0 N–H and O–H groups in total. The number of carbonyl (C=O) groups excluding carboxylic acids is 1. The summed E-state index contributed by atoms with van der Waals surface area (Å²) < 4.78 is 13.8. The van der Waals surface area contributed by atoms with Crippen LogP contribution in [0.15, 0.2) is 48.5 Å². The Labute approximate surface area is 136 Å². The van der Waals surface area contributed by atoms with E-state index >= 15 is 0 Å². The summed E-state index contributed by atoms with van der Waals surface area (Å²) in [6.45, 7) is 5.73. The Kier molecular flexibility index (Phi) is 4.44. The molecule has 2 aromatic carbocycles. The molecule has 0 bridgehead atoms. The average molecular weight is 312 g/mol. The first-order valence-electron chi connectivity index (χ1n) is 7.92. The number of nitrogens with zero attached hydrogens (tertiary/aromatic N) is 2. The van der Waals surface area contributed by atoms with Crippen LogP contribution in [0.3, 0.4) is 0 Å². The van der Waals surface area contributed by atoms with Gasteiger partial charge in [-0.2, -0.15) is 0 Å². The molecule has 120 valence electrons. The van der Waals surface area contributed by atoms with Gasteiger partial charge in [-0.25, -0.2) is 4.39 Å². The third kappa shape index (κ3) is 3.27. The monoisotopic (exact) mass is 312 g/mol. The highest BCUT2D eigenvalue weighted by Crippen LogP contribution is 2.23. The van der Waals surface area contributed by atoms with E-state index in [1.54, 1.807) is 12.1 Å². The maximum Gasteiger partial charge on any atom is 0.244 e.